The Morgan fingerprint density at radius 1 is 1.19 bits per heavy atom. The molecule has 0 fully saturated rings. The van der Waals surface area contributed by atoms with Crippen LogP contribution in [0, 0.1) is 10.1 Å². The number of nitro benzene ring substituents is 1. The van der Waals surface area contributed by atoms with E-state index in [4.69, 9.17) is 0 Å². The zero-order valence-electron chi connectivity index (χ0n) is 11.0. The van der Waals surface area contributed by atoms with Crippen molar-refractivity contribution in [1.82, 2.24) is 0 Å². The second kappa shape index (κ2) is 6.27. The number of methoxy groups -OCH3 is 1. The first-order valence-electron chi connectivity index (χ1n) is 5.85. The summed E-state index contributed by atoms with van der Waals surface area (Å²) in [6.07, 6.45) is 0. The maximum absolute atomic E-state index is 11.3. The van der Waals surface area contributed by atoms with Crippen LogP contribution in [0.1, 0.15) is 10.4 Å². The van der Waals surface area contributed by atoms with Crippen LogP contribution in [0.4, 0.5) is 5.69 Å². The van der Waals surface area contributed by atoms with Gasteiger partial charge in [0, 0.05) is 21.9 Å². The van der Waals surface area contributed by atoms with E-state index < -0.39 is 10.9 Å². The molecule has 108 valence electrons. The van der Waals surface area contributed by atoms with Crippen molar-refractivity contribution in [3.63, 3.8) is 0 Å². The fraction of sp³-hybridized carbons (Fsp3) is 0.0714. The average Bonchev–Trinajstić information content (AvgIpc) is 2.47. The van der Waals surface area contributed by atoms with E-state index in [1.807, 2.05) is 0 Å². The van der Waals surface area contributed by atoms with Gasteiger partial charge in [-0.15, -0.1) is 0 Å². The molecule has 1 N–H and O–H groups in total. The van der Waals surface area contributed by atoms with E-state index in [0.717, 1.165) is 4.90 Å². The lowest BCUT2D eigenvalue weighted by Gasteiger charge is -2.04. The van der Waals surface area contributed by atoms with Gasteiger partial charge in [-0.3, -0.25) is 10.1 Å². The van der Waals surface area contributed by atoms with Crippen LogP contribution in [0.5, 0.6) is 5.75 Å². The Labute approximate surface area is 124 Å². The number of hydrogen-bond acceptors (Lipinski definition) is 6. The van der Waals surface area contributed by atoms with Crippen LogP contribution in [0.15, 0.2) is 52.3 Å². The van der Waals surface area contributed by atoms with E-state index in [2.05, 4.69) is 4.74 Å². The highest BCUT2D eigenvalue weighted by molar-refractivity contribution is 7.99. The summed E-state index contributed by atoms with van der Waals surface area (Å²) >= 11 is 1.32. The summed E-state index contributed by atoms with van der Waals surface area (Å²) in [5.41, 5.74) is 0.105. The van der Waals surface area contributed by atoms with Gasteiger partial charge in [0.25, 0.3) is 0 Å². The molecular formula is C14H11NO5S. The van der Waals surface area contributed by atoms with Gasteiger partial charge in [-0.1, -0.05) is 11.8 Å². The summed E-state index contributed by atoms with van der Waals surface area (Å²) in [7, 11) is 1.31. The van der Waals surface area contributed by atoms with Crippen molar-refractivity contribution in [3.8, 4) is 5.75 Å². The maximum atomic E-state index is 11.3. The number of aromatic hydroxyl groups is 1. The zero-order valence-corrected chi connectivity index (χ0v) is 11.8. The highest BCUT2D eigenvalue weighted by Gasteiger charge is 2.13. The molecular weight excluding hydrogens is 294 g/mol. The van der Waals surface area contributed by atoms with E-state index in [9.17, 15) is 20.0 Å². The zero-order chi connectivity index (χ0) is 15.4. The number of nitro groups is 1. The van der Waals surface area contributed by atoms with Crippen LogP contribution in [-0.2, 0) is 4.74 Å². The molecule has 2 aromatic carbocycles. The van der Waals surface area contributed by atoms with Gasteiger partial charge in [0.15, 0.2) is 5.75 Å². The number of benzene rings is 2. The molecule has 0 amide bonds. The van der Waals surface area contributed by atoms with Gasteiger partial charge in [-0.2, -0.15) is 0 Å². The van der Waals surface area contributed by atoms with Crippen molar-refractivity contribution >= 4 is 23.4 Å². The molecule has 0 heterocycles. The molecule has 2 rings (SSSR count). The molecule has 0 saturated heterocycles. The van der Waals surface area contributed by atoms with E-state index in [1.165, 1.54) is 31.0 Å². The van der Waals surface area contributed by atoms with Gasteiger partial charge in [0.05, 0.1) is 17.6 Å². The molecule has 0 unspecified atom stereocenters. The molecule has 0 saturated carbocycles. The van der Waals surface area contributed by atoms with E-state index in [-0.39, 0.29) is 11.4 Å². The summed E-state index contributed by atoms with van der Waals surface area (Å²) in [5, 5.41) is 20.2. The predicted molar refractivity (Wildman–Crippen MR) is 76.7 cm³/mol. The van der Waals surface area contributed by atoms with Crippen molar-refractivity contribution in [1.29, 1.82) is 0 Å². The Kier molecular flexibility index (Phi) is 4.44. The maximum Gasteiger partial charge on any atom is 0.337 e. The number of esters is 1. The van der Waals surface area contributed by atoms with Crippen LogP contribution in [0.2, 0.25) is 0 Å². The van der Waals surface area contributed by atoms with Crippen LogP contribution in [-0.4, -0.2) is 23.1 Å². The molecule has 2 aromatic rings. The van der Waals surface area contributed by atoms with E-state index >= 15 is 0 Å². The Hall–Kier alpha value is -2.54. The third-order valence-electron chi connectivity index (χ3n) is 2.65. The highest BCUT2D eigenvalue weighted by Crippen LogP contribution is 2.34. The topological polar surface area (TPSA) is 89.7 Å². The quantitative estimate of drug-likeness (QED) is 0.530. The standard InChI is InChI=1S/C14H11NO5S/c1-20-14(17)9-2-4-10(5-3-9)21-11-6-7-12(15(18)19)13(16)8-11/h2-8,16H,1H3. The minimum atomic E-state index is -0.644. The van der Waals surface area contributed by atoms with E-state index in [0.29, 0.717) is 10.5 Å². The first kappa shape index (κ1) is 14.9. The Bertz CT molecular complexity index is 684. The summed E-state index contributed by atoms with van der Waals surface area (Å²) in [6.45, 7) is 0. The lowest BCUT2D eigenvalue weighted by atomic mass is 10.2. The Morgan fingerprint density at radius 2 is 1.81 bits per heavy atom. The molecule has 0 atom stereocenters. The minimum absolute atomic E-state index is 0.333. The molecule has 0 aromatic heterocycles. The number of nitrogens with zero attached hydrogens (tertiary/aromatic N) is 1. The molecule has 21 heavy (non-hydrogen) atoms. The summed E-state index contributed by atoms with van der Waals surface area (Å²) in [5.74, 6) is -0.796. The normalized spacial score (nSPS) is 10.1. The first-order chi connectivity index (χ1) is 10.0. The van der Waals surface area contributed by atoms with Crippen molar-refractivity contribution in [2.24, 2.45) is 0 Å². The van der Waals surface area contributed by atoms with Gasteiger partial charge in [0.1, 0.15) is 0 Å². The smallest absolute Gasteiger partial charge is 0.337 e. The molecule has 0 bridgehead atoms. The molecule has 0 aliphatic rings. The van der Waals surface area contributed by atoms with Crippen molar-refractivity contribution in [2.75, 3.05) is 7.11 Å². The predicted octanol–water partition coefficient (Wildman–Crippen LogP) is 3.24. The first-order valence-corrected chi connectivity index (χ1v) is 6.66. The number of phenolic OH excluding ortho intramolecular Hbond substituents is 1. The second-order valence-corrected chi connectivity index (χ2v) is 5.17. The number of rotatable bonds is 4. The van der Waals surface area contributed by atoms with Gasteiger partial charge >= 0.3 is 11.7 Å². The van der Waals surface area contributed by atoms with E-state index in [1.54, 1.807) is 30.3 Å². The van der Waals surface area contributed by atoms with Crippen LogP contribution in [0.3, 0.4) is 0 Å². The minimum Gasteiger partial charge on any atom is -0.502 e. The Balaban J connectivity index is 2.17. The number of carbonyl (C=O) groups is 1. The van der Waals surface area contributed by atoms with Gasteiger partial charge in [0.2, 0.25) is 0 Å². The fourth-order valence-corrected chi connectivity index (χ4v) is 2.49. The fourth-order valence-electron chi connectivity index (χ4n) is 1.63. The molecule has 7 heteroatoms. The van der Waals surface area contributed by atoms with Gasteiger partial charge < -0.3 is 9.84 Å². The SMILES string of the molecule is COC(=O)c1ccc(Sc2ccc([N+](=O)[O-])c(O)c2)cc1. The second-order valence-electron chi connectivity index (χ2n) is 4.03. The number of ether oxygens (including phenoxy) is 1. The third kappa shape index (κ3) is 3.51. The van der Waals surface area contributed by atoms with Gasteiger partial charge in [-0.05, 0) is 30.3 Å². The lowest BCUT2D eigenvalue weighted by molar-refractivity contribution is -0.385. The van der Waals surface area contributed by atoms with Crippen molar-refractivity contribution in [2.45, 2.75) is 9.79 Å². The molecule has 0 aliphatic carbocycles. The lowest BCUT2D eigenvalue weighted by Crippen LogP contribution is -2.00. The summed E-state index contributed by atoms with van der Waals surface area (Å²) < 4.78 is 4.60. The summed E-state index contributed by atoms with van der Waals surface area (Å²) in [4.78, 5) is 22.8. The number of phenols is 1. The monoisotopic (exact) mass is 305 g/mol. The summed E-state index contributed by atoms with van der Waals surface area (Å²) in [6, 6.07) is 10.8. The van der Waals surface area contributed by atoms with Gasteiger partial charge in [-0.25, -0.2) is 4.79 Å². The third-order valence-corrected chi connectivity index (χ3v) is 3.65. The molecule has 0 spiro atoms. The Morgan fingerprint density at radius 3 is 2.33 bits per heavy atom. The number of hydrogen-bond donors (Lipinski definition) is 1. The molecule has 6 nitrogen and oxygen atoms in total. The molecule has 0 radical (unpaired) electrons. The highest BCUT2D eigenvalue weighted by atomic mass is 32.2. The van der Waals surface area contributed by atoms with Crippen LogP contribution < -0.4 is 0 Å². The van der Waals surface area contributed by atoms with Crippen molar-refractivity contribution < 1.29 is 19.6 Å². The largest absolute Gasteiger partial charge is 0.502 e. The molecule has 0 aliphatic heterocycles. The average molecular weight is 305 g/mol. The van der Waals surface area contributed by atoms with Crippen LogP contribution >= 0.6 is 11.8 Å². The van der Waals surface area contributed by atoms with Crippen LogP contribution in [0.25, 0.3) is 0 Å². The van der Waals surface area contributed by atoms with Crippen molar-refractivity contribution in [3.05, 3.63) is 58.1 Å². The number of carbonyl (C=O) groups excluding carboxylic acids is 1.